The second-order valence-corrected chi connectivity index (χ2v) is 41.5. The summed E-state index contributed by atoms with van der Waals surface area (Å²) < 4.78 is 45.1. The van der Waals surface area contributed by atoms with E-state index in [2.05, 4.69) is 131 Å². The minimum absolute atomic E-state index is 0.0170. The number of β-amino-alcohol motifs (C(OH)–C–C–N with tert-alkyl or cyclic N) is 1. The molecule has 0 spiro atoms. The van der Waals surface area contributed by atoms with Crippen LogP contribution < -0.4 is 15.4 Å². The molecule has 3 rings (SSSR count). The van der Waals surface area contributed by atoms with E-state index in [9.17, 15) is 50.4 Å². The van der Waals surface area contributed by atoms with Crippen molar-refractivity contribution in [2.75, 3.05) is 13.2 Å². The van der Waals surface area contributed by atoms with E-state index < -0.39 is 30.1 Å². The predicted molar refractivity (Wildman–Crippen MR) is 468 cm³/mol. The summed E-state index contributed by atoms with van der Waals surface area (Å²) >= 11 is 0. The fourth-order valence-electron chi connectivity index (χ4n) is 7.46. The molecule has 2 aliphatic carbocycles. The van der Waals surface area contributed by atoms with Gasteiger partial charge in [-0.2, -0.15) is 0 Å². The van der Waals surface area contributed by atoms with Crippen molar-refractivity contribution in [2.24, 2.45) is 27.1 Å². The van der Waals surface area contributed by atoms with Gasteiger partial charge in [0.15, 0.2) is 27.2 Å². The fraction of sp³-hybridized carbons (Fsp3) is 0.633. The number of aliphatic hydroxyl groups excluding tert-OH is 1. The molecule has 630 valence electrons. The average Bonchev–Trinajstić information content (AvgIpc) is 0.929. The highest BCUT2D eigenvalue weighted by Gasteiger charge is 2.28. The molecule has 1 heterocycles. The second-order valence-electron chi connectivity index (χ2n) is 37.3. The van der Waals surface area contributed by atoms with Crippen molar-refractivity contribution >= 4 is 60.7 Å². The van der Waals surface area contributed by atoms with Crippen LogP contribution in [0.15, 0.2) is 122 Å². The molecule has 0 aliphatic heterocycles. The lowest BCUT2D eigenvalue weighted by atomic mass is 9.82. The van der Waals surface area contributed by atoms with Gasteiger partial charge < -0.3 is 20.6 Å². The van der Waals surface area contributed by atoms with Gasteiger partial charge in [0.2, 0.25) is 27.6 Å². The van der Waals surface area contributed by atoms with Gasteiger partial charge >= 0.3 is 0 Å². The van der Waals surface area contributed by atoms with E-state index in [0.29, 0.717) is 12.3 Å². The third-order valence-electron chi connectivity index (χ3n) is 14.0. The summed E-state index contributed by atoms with van der Waals surface area (Å²) in [7, 11) is -6.34. The molecule has 0 fully saturated rings. The molecule has 20 heteroatoms. The number of rotatable bonds is 13. The third kappa shape index (κ3) is 68.8. The van der Waals surface area contributed by atoms with Crippen molar-refractivity contribution in [1.82, 2.24) is 30.2 Å². The maximum absolute atomic E-state index is 11.8. The number of allylic oxidation sites excluding steroid dienone is 8. The summed E-state index contributed by atoms with van der Waals surface area (Å²) in [4.78, 5) is 86.6. The Hall–Kier alpha value is -7.23. The Morgan fingerprint density at radius 2 is 1.03 bits per heavy atom. The molecule has 4 N–H and O–H groups in total. The monoisotopic (exact) mass is 1580 g/mol. The molecule has 0 saturated carbocycles. The first-order valence-electron chi connectivity index (χ1n) is 37.5. The Morgan fingerprint density at radius 3 is 1.24 bits per heavy atom. The Morgan fingerprint density at radius 1 is 0.573 bits per heavy atom. The van der Waals surface area contributed by atoms with Crippen LogP contribution in [-0.2, 0) is 58.8 Å². The van der Waals surface area contributed by atoms with Gasteiger partial charge in [0.1, 0.15) is 5.82 Å². The topological polar surface area (TPSA) is 273 Å². The van der Waals surface area contributed by atoms with Crippen LogP contribution in [0.1, 0.15) is 305 Å². The van der Waals surface area contributed by atoms with Crippen molar-refractivity contribution in [3.63, 3.8) is 0 Å². The van der Waals surface area contributed by atoms with Crippen LogP contribution >= 0.6 is 0 Å². The Balaban J connectivity index is -0.000000174. The molecule has 18 nitrogen and oxygen atoms in total. The van der Waals surface area contributed by atoms with Gasteiger partial charge in [-0.3, -0.25) is 33.6 Å². The molecule has 3 amide bonds. The number of carbonyl (C=O) groups is 7. The first kappa shape index (κ1) is 119. The smallest absolute Gasteiger partial charge is 0.296 e. The number of aromatic nitrogens is 2. The quantitative estimate of drug-likeness (QED) is 0.0812. The van der Waals surface area contributed by atoms with E-state index in [1.54, 1.807) is 73.3 Å². The lowest BCUT2D eigenvalue weighted by Crippen LogP contribution is -2.46. The zero-order valence-corrected chi connectivity index (χ0v) is 77.3. The number of sulfone groups is 1. The van der Waals surface area contributed by atoms with E-state index in [1.165, 1.54) is 61.5 Å². The van der Waals surface area contributed by atoms with Crippen LogP contribution in [0.5, 0.6) is 0 Å². The number of carbonyl (C=O) groups excluding carboxylic acids is 7. The molecule has 0 atom stereocenters. The predicted octanol–water partition coefficient (Wildman–Crippen LogP) is 19.5. The summed E-state index contributed by atoms with van der Waals surface area (Å²) in [6.07, 6.45) is 34.0. The largest absolute Gasteiger partial charge is 0.395 e. The van der Waals surface area contributed by atoms with Crippen molar-refractivity contribution < 1.29 is 55.5 Å². The standard InChI is InChI=1S/C11H18O.C11H18.C10H18O.C9H14N2.C9H17NO2.C7H13NO.C7H11NO.C7H12O.C7H10O.C6H13NO2S.C6H12O2S/c1-11(2,3)10(12)9-7-5-4-6-8-9;1-9(11(2,3)4)10-7-5-6-8-10;1-5-6-7-8-9(11)10(2,3)4;1-7-10-6-5-8(11-7)9(2,3)4;1-5-8(12)10(6-7-11)9(2,3)4;2*1-5-6(9)8-7(2,3)4;2*1-5-6(8)7(2,3)4;1-5-10(8,9)7-6(2,3)4;1-5-9(7,8)6(2,3)4/h7H,4-6,8H2,1-3H3;7H,1,5-6,8H2,2-4H3;7-8H,5-6H2,1-4H3;5-6H,1-4H3;5,11H,1,6-7H2,2-4H3;5H,1H2,2-4H3,(H,8,9);1H,2-4H3,(H,8,9);5H,1H2,2-4H3;1H,2-4H3;5,7H,1H2,2-4H3;5H,1H2,2-4H3/b;;8-7+;;;;;;;;. The highest BCUT2D eigenvalue weighted by molar-refractivity contribution is 7.95. The van der Waals surface area contributed by atoms with Gasteiger partial charge in [-0.1, -0.05) is 196 Å². The van der Waals surface area contributed by atoms with Crippen LogP contribution in [0.3, 0.4) is 0 Å². The molecule has 2 aliphatic rings. The van der Waals surface area contributed by atoms with Gasteiger partial charge in [0.05, 0.1) is 11.4 Å². The highest BCUT2D eigenvalue weighted by atomic mass is 32.2. The minimum atomic E-state index is -3.26. The number of aliphatic hydroxyl groups is 1. The molecule has 0 unspecified atom stereocenters. The van der Waals surface area contributed by atoms with E-state index in [1.807, 2.05) is 156 Å². The molecule has 1 aromatic rings. The number of unbranched alkanes of at least 4 members (excludes halogenated alkanes) is 1. The highest BCUT2D eigenvalue weighted by Crippen LogP contribution is 2.35. The molecular formula is C90H156N6O12S2. The minimum Gasteiger partial charge on any atom is -0.395 e. The number of sulfonamides is 1. The molecule has 110 heavy (non-hydrogen) atoms. The molecule has 0 radical (unpaired) electrons. The fourth-order valence-corrected chi connectivity index (χ4v) is 8.90. The Bertz CT molecular complexity index is 3470. The van der Waals surface area contributed by atoms with Crippen molar-refractivity contribution in [3.8, 4) is 24.7 Å². The van der Waals surface area contributed by atoms with Gasteiger partial charge in [-0.05, 0) is 226 Å². The van der Waals surface area contributed by atoms with Crippen molar-refractivity contribution in [3.05, 3.63) is 133 Å². The van der Waals surface area contributed by atoms with Crippen LogP contribution in [0.4, 0.5) is 0 Å². The summed E-state index contributed by atoms with van der Waals surface area (Å²) in [6.45, 7) is 88.3. The summed E-state index contributed by atoms with van der Waals surface area (Å²) in [5.41, 5.74) is 3.31. The number of hydrogen-bond donors (Lipinski definition) is 4. The zero-order valence-electron chi connectivity index (χ0n) is 75.6. The molecule has 1 aromatic heterocycles. The normalized spacial score (nSPS) is 13.0. The number of terminal acetylenes is 2. The summed E-state index contributed by atoms with van der Waals surface area (Å²) in [5.74, 6) is 4.76. The Labute approximate surface area is 673 Å². The van der Waals surface area contributed by atoms with Crippen LogP contribution in [-0.4, -0.2) is 118 Å². The van der Waals surface area contributed by atoms with Crippen LogP contribution in [0.2, 0.25) is 0 Å². The molecule has 0 saturated heterocycles. The SMILES string of the molecule is C#CC(=O)C(C)(C)C.C#CC(=O)NC(C)(C)C.C=C(C1=CCCC1)C(C)(C)C.C=CC(=O)C(C)(C)C.C=CC(=O)N(CCO)C(C)(C)C.C=CC(=O)NC(C)(C)C.C=CS(=O)(=O)C(C)(C)C.C=CS(=O)(=O)NC(C)(C)C.CC(C)(C)C(=O)C1=CCCCC1.CCC/C=C/C(=O)C(C)(C)C.Cc1nccc(C(C)(C)C)n1. The number of Topliss-reactive ketones (excluding diaryl/α,β-unsaturated/α-hetero) is 2. The van der Waals surface area contributed by atoms with Crippen molar-refractivity contribution in [1.29, 1.82) is 0 Å². The van der Waals surface area contributed by atoms with Crippen molar-refractivity contribution in [2.45, 2.75) is 332 Å². The van der Waals surface area contributed by atoms with Gasteiger partial charge in [-0.15, -0.1) is 12.8 Å². The van der Waals surface area contributed by atoms with Gasteiger partial charge in [0.25, 0.3) is 5.91 Å². The lowest BCUT2D eigenvalue weighted by molar-refractivity contribution is -0.131. The van der Waals surface area contributed by atoms with Crippen LogP contribution in [0, 0.1) is 58.7 Å². The number of hydrogen-bond acceptors (Lipinski definition) is 14. The van der Waals surface area contributed by atoms with E-state index in [4.69, 9.17) is 18.0 Å². The summed E-state index contributed by atoms with van der Waals surface area (Å²) in [5, 5.41) is 15.9. The zero-order chi connectivity index (χ0) is 89.5. The van der Waals surface area contributed by atoms with Crippen LogP contribution in [0.25, 0.3) is 0 Å². The van der Waals surface area contributed by atoms with E-state index in [-0.39, 0.29) is 90.8 Å². The maximum Gasteiger partial charge on any atom is 0.296 e. The average molecular weight is 1580 g/mol. The lowest BCUT2D eigenvalue weighted by Gasteiger charge is -2.34. The second kappa shape index (κ2) is 53.7. The number of nitrogens with one attached hydrogen (secondary N) is 3. The number of aryl methyl sites for hydroxylation is 1. The molecule has 0 aromatic carbocycles. The third-order valence-corrected chi connectivity index (χ3v) is 17.4. The number of amides is 3. The summed E-state index contributed by atoms with van der Waals surface area (Å²) in [6, 6.07) is 1.97. The maximum atomic E-state index is 11.8. The number of ketones is 4. The van der Waals surface area contributed by atoms with E-state index >= 15 is 0 Å². The first-order chi connectivity index (χ1) is 48.9. The van der Waals surface area contributed by atoms with E-state index in [0.717, 1.165) is 53.6 Å². The van der Waals surface area contributed by atoms with Gasteiger partial charge in [-0.25, -0.2) is 31.5 Å². The molecular weight excluding hydrogens is 1420 g/mol. The van der Waals surface area contributed by atoms with Gasteiger partial charge in [0, 0.05) is 78.5 Å². The molecule has 0 bridgehead atoms. The number of nitrogens with zero attached hydrogens (tertiary/aromatic N) is 3. The first-order valence-corrected chi connectivity index (χ1v) is 40.6. The Kier molecular flexibility index (Phi) is 57.8.